The quantitative estimate of drug-likeness (QED) is 0.612. The van der Waals surface area contributed by atoms with Crippen LogP contribution in [0.5, 0.6) is 0 Å². The Morgan fingerprint density at radius 3 is 2.84 bits per heavy atom. The van der Waals surface area contributed by atoms with Crippen LogP contribution in [0.4, 0.5) is 0 Å². The molecule has 3 saturated carbocycles. The summed E-state index contributed by atoms with van der Waals surface area (Å²) in [6, 6.07) is 0.929. The molecule has 0 saturated heterocycles. The van der Waals surface area contributed by atoms with E-state index in [2.05, 4.69) is 23.5 Å². The molecule has 4 heteroatoms. The molecule has 0 N–H and O–H groups in total. The van der Waals surface area contributed by atoms with Crippen molar-refractivity contribution in [3.05, 3.63) is 12.2 Å². The molecule has 4 nitrogen and oxygen atoms in total. The minimum atomic E-state index is 0.365. The standard InChI is InChI=1S/C15H17N3O/c1-2-6-7(3-1)14-12-9-4-8(10-5-16-19-15(9)10)11(12)13(6)17-18-14/h1,3,5-15H,2,4H2/t6-,7+,8-,9+,10-,11+,12+,13+,14+,15+/m0/s1. The Kier molecular flexibility index (Phi) is 1.50. The summed E-state index contributed by atoms with van der Waals surface area (Å²) in [6.45, 7) is 0. The van der Waals surface area contributed by atoms with Gasteiger partial charge in [0.15, 0.2) is 0 Å². The largest absolute Gasteiger partial charge is 0.392 e. The Hall–Kier alpha value is -1.19. The van der Waals surface area contributed by atoms with Crippen LogP contribution >= 0.6 is 0 Å². The fourth-order valence-electron chi connectivity index (χ4n) is 6.42. The molecule has 3 heterocycles. The van der Waals surface area contributed by atoms with Gasteiger partial charge in [-0.2, -0.15) is 10.2 Å². The van der Waals surface area contributed by atoms with E-state index in [-0.39, 0.29) is 0 Å². The van der Waals surface area contributed by atoms with Gasteiger partial charge in [0.25, 0.3) is 0 Å². The maximum atomic E-state index is 5.66. The van der Waals surface area contributed by atoms with E-state index in [0.29, 0.717) is 35.9 Å². The van der Waals surface area contributed by atoms with Gasteiger partial charge in [-0.3, -0.25) is 0 Å². The van der Waals surface area contributed by atoms with Crippen LogP contribution in [0.2, 0.25) is 0 Å². The molecule has 0 aromatic rings. The first-order valence-corrected chi connectivity index (χ1v) is 7.69. The van der Waals surface area contributed by atoms with E-state index in [1.807, 2.05) is 0 Å². The lowest BCUT2D eigenvalue weighted by Crippen LogP contribution is -2.57. The summed E-state index contributed by atoms with van der Waals surface area (Å²) < 4.78 is 0. The third kappa shape index (κ3) is 0.906. The first-order chi connectivity index (χ1) is 9.43. The van der Waals surface area contributed by atoms with Crippen molar-refractivity contribution in [2.75, 3.05) is 0 Å². The van der Waals surface area contributed by atoms with Crippen LogP contribution in [0, 0.1) is 41.4 Å². The van der Waals surface area contributed by atoms with Gasteiger partial charge in [-0.25, -0.2) is 0 Å². The lowest BCUT2D eigenvalue weighted by Gasteiger charge is -2.52. The predicted molar refractivity (Wildman–Crippen MR) is 68.6 cm³/mol. The molecule has 3 aliphatic heterocycles. The highest BCUT2D eigenvalue weighted by Gasteiger charge is 2.69. The van der Waals surface area contributed by atoms with E-state index in [1.165, 1.54) is 12.8 Å². The highest BCUT2D eigenvalue weighted by molar-refractivity contribution is 5.64. The highest BCUT2D eigenvalue weighted by atomic mass is 16.6. The zero-order valence-corrected chi connectivity index (χ0v) is 10.7. The van der Waals surface area contributed by atoms with Gasteiger partial charge in [-0.1, -0.05) is 17.3 Å². The van der Waals surface area contributed by atoms with Crippen molar-refractivity contribution in [1.29, 1.82) is 0 Å². The molecule has 7 aliphatic rings. The number of azo groups is 1. The van der Waals surface area contributed by atoms with E-state index >= 15 is 0 Å². The summed E-state index contributed by atoms with van der Waals surface area (Å²) in [5.74, 6) is 4.93. The van der Waals surface area contributed by atoms with Crippen LogP contribution in [0.1, 0.15) is 12.8 Å². The number of hydrogen-bond acceptors (Lipinski definition) is 4. The summed E-state index contributed by atoms with van der Waals surface area (Å²) >= 11 is 0. The van der Waals surface area contributed by atoms with E-state index in [9.17, 15) is 0 Å². The Morgan fingerprint density at radius 1 is 0.947 bits per heavy atom. The van der Waals surface area contributed by atoms with Crippen molar-refractivity contribution in [2.24, 2.45) is 56.8 Å². The Bertz CT molecular complexity index is 542. The zero-order valence-electron chi connectivity index (χ0n) is 10.7. The topological polar surface area (TPSA) is 46.3 Å². The fraction of sp³-hybridized carbons (Fsp3) is 0.800. The number of nitrogens with zero attached hydrogens (tertiary/aromatic N) is 3. The monoisotopic (exact) mass is 255 g/mol. The molecule has 4 aliphatic carbocycles. The van der Waals surface area contributed by atoms with Crippen molar-refractivity contribution >= 4 is 6.21 Å². The Labute approximate surface area is 112 Å². The smallest absolute Gasteiger partial charge is 0.138 e. The van der Waals surface area contributed by atoms with E-state index in [4.69, 9.17) is 15.1 Å². The number of hydrogen-bond donors (Lipinski definition) is 0. The van der Waals surface area contributed by atoms with Gasteiger partial charge in [0.1, 0.15) is 6.10 Å². The molecule has 0 radical (unpaired) electrons. The lowest BCUT2D eigenvalue weighted by molar-refractivity contribution is -0.0612. The predicted octanol–water partition coefficient (Wildman–Crippen LogP) is 2.28. The van der Waals surface area contributed by atoms with Gasteiger partial charge in [0.2, 0.25) is 0 Å². The molecule has 19 heavy (non-hydrogen) atoms. The first-order valence-electron chi connectivity index (χ1n) is 7.69. The van der Waals surface area contributed by atoms with E-state index in [0.717, 1.165) is 23.7 Å². The van der Waals surface area contributed by atoms with Crippen LogP contribution < -0.4 is 0 Å². The van der Waals surface area contributed by atoms with Gasteiger partial charge < -0.3 is 4.84 Å². The zero-order chi connectivity index (χ0) is 12.1. The molecule has 4 bridgehead atoms. The molecule has 0 aromatic carbocycles. The van der Waals surface area contributed by atoms with Crippen LogP contribution in [0.15, 0.2) is 27.5 Å². The molecule has 0 aromatic heterocycles. The number of fused-ring (bicyclic) bond motifs is 5. The second kappa shape index (κ2) is 2.94. The molecule has 7 rings (SSSR count). The number of rotatable bonds is 0. The van der Waals surface area contributed by atoms with Crippen LogP contribution in [0.25, 0.3) is 0 Å². The third-order valence-corrected chi connectivity index (χ3v) is 6.90. The molecule has 10 atom stereocenters. The summed E-state index contributed by atoms with van der Waals surface area (Å²) in [4.78, 5) is 5.66. The number of allylic oxidation sites excluding steroid dienone is 1. The third-order valence-electron chi connectivity index (χ3n) is 6.90. The number of oxime groups is 1. The second-order valence-corrected chi connectivity index (χ2v) is 7.24. The molecular formula is C15H17N3O. The van der Waals surface area contributed by atoms with Gasteiger partial charge in [-0.15, -0.1) is 0 Å². The van der Waals surface area contributed by atoms with Crippen molar-refractivity contribution in [3.8, 4) is 0 Å². The minimum Gasteiger partial charge on any atom is -0.392 e. The van der Waals surface area contributed by atoms with Gasteiger partial charge in [0.05, 0.1) is 18.3 Å². The minimum absolute atomic E-state index is 0.365. The molecule has 98 valence electrons. The van der Waals surface area contributed by atoms with Gasteiger partial charge in [0, 0.05) is 17.8 Å². The highest BCUT2D eigenvalue weighted by Crippen LogP contribution is 2.66. The average Bonchev–Trinajstić information content (AvgIpc) is 3.20. The maximum Gasteiger partial charge on any atom is 0.138 e. The SMILES string of the molecule is C1=C[C@@H]2[C@H](C1)[C@H]1N=N[C@H]2[C@@H]2[C@H]3C[C@@H]([C@@H]4C=NO[C@@H]43)[C@@H]12. The summed E-state index contributed by atoms with van der Waals surface area (Å²) in [7, 11) is 0. The summed E-state index contributed by atoms with van der Waals surface area (Å²) in [5.41, 5.74) is 0. The first kappa shape index (κ1) is 9.67. The fourth-order valence-corrected chi connectivity index (χ4v) is 6.42. The summed E-state index contributed by atoms with van der Waals surface area (Å²) in [5, 5.41) is 13.5. The van der Waals surface area contributed by atoms with Crippen molar-refractivity contribution in [3.63, 3.8) is 0 Å². The lowest BCUT2D eigenvalue weighted by atomic mass is 9.56. The molecule has 0 spiro atoms. The van der Waals surface area contributed by atoms with Crippen molar-refractivity contribution < 1.29 is 4.84 Å². The molecule has 3 fully saturated rings. The summed E-state index contributed by atoms with van der Waals surface area (Å²) in [6.07, 6.45) is 9.79. The van der Waals surface area contributed by atoms with Crippen LogP contribution in [-0.2, 0) is 4.84 Å². The van der Waals surface area contributed by atoms with Crippen molar-refractivity contribution in [2.45, 2.75) is 31.0 Å². The molecule has 0 unspecified atom stereocenters. The Morgan fingerprint density at radius 2 is 1.84 bits per heavy atom. The van der Waals surface area contributed by atoms with Gasteiger partial charge in [-0.05, 0) is 36.5 Å². The Balaban J connectivity index is 1.49. The average molecular weight is 255 g/mol. The van der Waals surface area contributed by atoms with E-state index in [1.54, 1.807) is 0 Å². The van der Waals surface area contributed by atoms with Crippen LogP contribution in [-0.4, -0.2) is 24.4 Å². The maximum absolute atomic E-state index is 5.66. The van der Waals surface area contributed by atoms with Crippen molar-refractivity contribution in [1.82, 2.24) is 0 Å². The van der Waals surface area contributed by atoms with Crippen LogP contribution in [0.3, 0.4) is 0 Å². The van der Waals surface area contributed by atoms with E-state index < -0.39 is 0 Å². The molecule has 0 amide bonds. The second-order valence-electron chi connectivity index (χ2n) is 7.24. The normalized spacial score (nSPS) is 65.3. The molecular weight excluding hydrogens is 238 g/mol. The van der Waals surface area contributed by atoms with Gasteiger partial charge >= 0.3 is 0 Å².